The van der Waals surface area contributed by atoms with Gasteiger partial charge in [0.2, 0.25) is 5.91 Å². The van der Waals surface area contributed by atoms with Crippen molar-refractivity contribution in [2.24, 2.45) is 0 Å². The van der Waals surface area contributed by atoms with E-state index in [1.807, 2.05) is 19.1 Å². The van der Waals surface area contributed by atoms with Crippen molar-refractivity contribution in [3.8, 4) is 0 Å². The molecule has 1 aromatic rings. The number of amides is 1. The number of nitrogens with one attached hydrogen (secondary N) is 1. The van der Waals surface area contributed by atoms with Crippen molar-refractivity contribution in [1.82, 2.24) is 0 Å². The average Bonchev–Trinajstić information content (AvgIpc) is 2.27. The molecule has 0 aliphatic heterocycles. The largest absolute Gasteiger partial charge is 0.326 e. The van der Waals surface area contributed by atoms with E-state index in [9.17, 15) is 4.79 Å². The first-order chi connectivity index (χ1) is 9.41. The molecule has 0 atom stereocenters. The van der Waals surface area contributed by atoms with Gasteiger partial charge in [0.1, 0.15) is 0 Å². The monoisotopic (exact) mass is 307 g/mol. The fourth-order valence-corrected chi connectivity index (χ4v) is 6.10. The molecule has 0 heterocycles. The van der Waals surface area contributed by atoms with Crippen molar-refractivity contribution in [3.63, 3.8) is 0 Å². The van der Waals surface area contributed by atoms with Crippen LogP contribution < -0.4 is 5.32 Å². The number of anilines is 1. The van der Waals surface area contributed by atoms with Crippen molar-refractivity contribution in [2.45, 2.75) is 65.7 Å². The Morgan fingerprint density at radius 3 is 2.00 bits per heavy atom. The highest BCUT2D eigenvalue weighted by Crippen LogP contribution is 2.58. The minimum Gasteiger partial charge on any atom is -0.326 e. The van der Waals surface area contributed by atoms with Gasteiger partial charge in [-0.15, -0.1) is 0 Å². The van der Waals surface area contributed by atoms with Crippen LogP contribution >= 0.6 is 7.92 Å². The van der Waals surface area contributed by atoms with Crippen molar-refractivity contribution in [1.29, 1.82) is 0 Å². The third kappa shape index (κ3) is 5.43. The quantitative estimate of drug-likeness (QED) is 0.752. The second-order valence-electron chi connectivity index (χ2n) is 7.79. The van der Waals surface area contributed by atoms with Crippen LogP contribution in [0.1, 0.15) is 52.7 Å². The van der Waals surface area contributed by atoms with Gasteiger partial charge in [-0.3, -0.25) is 4.79 Å². The summed E-state index contributed by atoms with van der Waals surface area (Å²) in [5.41, 5.74) is 3.28. The number of carbonyl (C=O) groups is 1. The molecule has 0 aliphatic rings. The highest BCUT2D eigenvalue weighted by atomic mass is 31.1. The minimum atomic E-state index is -0.406. The Morgan fingerprint density at radius 2 is 1.57 bits per heavy atom. The Morgan fingerprint density at radius 1 is 1.05 bits per heavy atom. The summed E-state index contributed by atoms with van der Waals surface area (Å²) in [4.78, 5) is 12.5. The van der Waals surface area contributed by atoms with E-state index < -0.39 is 7.92 Å². The molecule has 0 saturated carbocycles. The Balaban J connectivity index is 2.84. The predicted molar refractivity (Wildman–Crippen MR) is 95.8 cm³/mol. The van der Waals surface area contributed by atoms with E-state index in [1.54, 1.807) is 0 Å². The standard InChI is InChI=1S/C18H30NOP/c1-13-9-10-15(14(2)11-13)19-16(20)12-21(17(3,4)5)18(6,7)8/h9-11H,12H2,1-8H3,(H,19,20). The molecule has 1 rings (SSSR count). The highest BCUT2D eigenvalue weighted by Gasteiger charge is 2.35. The first kappa shape index (κ1) is 18.2. The van der Waals surface area contributed by atoms with Gasteiger partial charge >= 0.3 is 0 Å². The molecule has 0 aromatic heterocycles. The SMILES string of the molecule is Cc1ccc(NC(=O)CP(C(C)(C)C)C(C)(C)C)c(C)c1. The van der Waals surface area contributed by atoms with Crippen LogP contribution in [0.25, 0.3) is 0 Å². The summed E-state index contributed by atoms with van der Waals surface area (Å²) in [6, 6.07) is 6.14. The second kappa shape index (κ2) is 6.48. The van der Waals surface area contributed by atoms with Gasteiger partial charge in [-0.05, 0) is 35.8 Å². The fraction of sp³-hybridized carbons (Fsp3) is 0.611. The van der Waals surface area contributed by atoms with Gasteiger partial charge in [0.25, 0.3) is 0 Å². The summed E-state index contributed by atoms with van der Waals surface area (Å²) in [5.74, 6) is 0.137. The molecule has 1 amide bonds. The van der Waals surface area contributed by atoms with Crippen LogP contribution in [-0.2, 0) is 4.79 Å². The van der Waals surface area contributed by atoms with Crippen LogP contribution in [-0.4, -0.2) is 22.4 Å². The van der Waals surface area contributed by atoms with Crippen molar-refractivity contribution < 1.29 is 4.79 Å². The van der Waals surface area contributed by atoms with Gasteiger partial charge in [-0.2, -0.15) is 0 Å². The summed E-state index contributed by atoms with van der Waals surface area (Å²) in [7, 11) is -0.406. The van der Waals surface area contributed by atoms with Gasteiger partial charge < -0.3 is 5.32 Å². The Hall–Kier alpha value is -0.880. The molecule has 21 heavy (non-hydrogen) atoms. The molecule has 0 saturated heterocycles. The lowest BCUT2D eigenvalue weighted by Gasteiger charge is -2.41. The lowest BCUT2D eigenvalue weighted by molar-refractivity contribution is -0.113. The van der Waals surface area contributed by atoms with Crippen molar-refractivity contribution in [2.75, 3.05) is 11.5 Å². The van der Waals surface area contributed by atoms with Crippen LogP contribution in [0.2, 0.25) is 0 Å². The van der Waals surface area contributed by atoms with E-state index in [1.165, 1.54) is 5.56 Å². The first-order valence-corrected chi connectivity index (χ1v) is 9.09. The lowest BCUT2D eigenvalue weighted by atomic mass is 10.1. The maximum absolute atomic E-state index is 12.5. The van der Waals surface area contributed by atoms with E-state index in [0.717, 1.165) is 11.3 Å². The summed E-state index contributed by atoms with van der Waals surface area (Å²) >= 11 is 0. The Kier molecular flexibility index (Phi) is 5.61. The summed E-state index contributed by atoms with van der Waals surface area (Å²) in [5, 5.41) is 3.44. The number of hydrogen-bond acceptors (Lipinski definition) is 1. The van der Waals surface area contributed by atoms with Crippen LogP contribution in [0.5, 0.6) is 0 Å². The fourth-order valence-electron chi connectivity index (χ4n) is 2.77. The van der Waals surface area contributed by atoms with Crippen LogP contribution in [0, 0.1) is 13.8 Å². The average molecular weight is 307 g/mol. The molecular formula is C18H30NOP. The molecule has 0 radical (unpaired) electrons. The van der Waals surface area contributed by atoms with Crippen molar-refractivity contribution >= 4 is 19.5 Å². The molecule has 2 nitrogen and oxygen atoms in total. The zero-order valence-corrected chi connectivity index (χ0v) is 15.7. The van der Waals surface area contributed by atoms with Crippen LogP contribution in [0.3, 0.4) is 0 Å². The molecule has 0 bridgehead atoms. The van der Waals surface area contributed by atoms with Gasteiger partial charge in [-0.1, -0.05) is 67.2 Å². The van der Waals surface area contributed by atoms with E-state index in [0.29, 0.717) is 6.16 Å². The third-order valence-corrected chi connectivity index (χ3v) is 7.42. The number of aryl methyl sites for hydroxylation is 2. The number of carbonyl (C=O) groups excluding carboxylic acids is 1. The van der Waals surface area contributed by atoms with Gasteiger partial charge in [0.15, 0.2) is 0 Å². The van der Waals surface area contributed by atoms with E-state index in [4.69, 9.17) is 0 Å². The molecule has 1 aromatic carbocycles. The normalized spacial score (nSPS) is 12.6. The van der Waals surface area contributed by atoms with Crippen LogP contribution in [0.4, 0.5) is 5.69 Å². The van der Waals surface area contributed by atoms with Crippen LogP contribution in [0.15, 0.2) is 18.2 Å². The second-order valence-corrected chi connectivity index (χ2v) is 11.6. The molecule has 0 spiro atoms. The number of rotatable bonds is 3. The van der Waals surface area contributed by atoms with E-state index >= 15 is 0 Å². The summed E-state index contributed by atoms with van der Waals surface area (Å²) in [6.07, 6.45) is 0.621. The lowest BCUT2D eigenvalue weighted by Crippen LogP contribution is -2.30. The van der Waals surface area contributed by atoms with Crippen molar-refractivity contribution in [3.05, 3.63) is 29.3 Å². The topological polar surface area (TPSA) is 29.1 Å². The maximum atomic E-state index is 12.5. The van der Waals surface area contributed by atoms with Gasteiger partial charge in [-0.25, -0.2) is 0 Å². The van der Waals surface area contributed by atoms with E-state index in [2.05, 4.69) is 59.8 Å². The number of benzene rings is 1. The smallest absolute Gasteiger partial charge is 0.228 e. The minimum absolute atomic E-state index is 0.137. The molecule has 118 valence electrons. The third-order valence-electron chi connectivity index (χ3n) is 3.58. The molecule has 0 aliphatic carbocycles. The zero-order valence-electron chi connectivity index (χ0n) is 14.8. The predicted octanol–water partition coefficient (Wildman–Crippen LogP) is 5.32. The van der Waals surface area contributed by atoms with E-state index in [-0.39, 0.29) is 16.2 Å². The summed E-state index contributed by atoms with van der Waals surface area (Å²) in [6.45, 7) is 17.6. The molecule has 0 unspecified atom stereocenters. The molecular weight excluding hydrogens is 277 g/mol. The molecule has 3 heteroatoms. The highest BCUT2D eigenvalue weighted by molar-refractivity contribution is 7.61. The molecule has 1 N–H and O–H groups in total. The number of hydrogen-bond donors (Lipinski definition) is 1. The Labute approximate surface area is 131 Å². The maximum Gasteiger partial charge on any atom is 0.228 e. The van der Waals surface area contributed by atoms with Gasteiger partial charge in [0.05, 0.1) is 0 Å². The molecule has 0 fully saturated rings. The zero-order chi connectivity index (χ0) is 16.4. The Bertz CT molecular complexity index is 495. The summed E-state index contributed by atoms with van der Waals surface area (Å²) < 4.78 is 0. The van der Waals surface area contributed by atoms with Gasteiger partial charge in [0, 0.05) is 11.8 Å². The first-order valence-electron chi connectivity index (χ1n) is 7.56.